The van der Waals surface area contributed by atoms with Gasteiger partial charge in [0.1, 0.15) is 6.61 Å². The minimum atomic E-state index is -0.434. The van der Waals surface area contributed by atoms with Gasteiger partial charge in [0.25, 0.3) is 0 Å². The molecule has 0 unspecified atom stereocenters. The van der Waals surface area contributed by atoms with Crippen molar-refractivity contribution in [3.05, 3.63) is 12.1 Å². The third kappa shape index (κ3) is 4.83. The smallest absolute Gasteiger partial charge is 0.445 e. The molecule has 0 bridgehead atoms. The van der Waals surface area contributed by atoms with Gasteiger partial charge in [-0.05, 0) is 48.5 Å². The number of carbonyl (C=O) groups excluding carboxylic acids is 1. The molecule has 0 aromatic carbocycles. The molecule has 20 heavy (non-hydrogen) atoms. The zero-order chi connectivity index (χ0) is 15.6. The van der Waals surface area contributed by atoms with Crippen LogP contribution < -0.4 is 5.32 Å². The summed E-state index contributed by atoms with van der Waals surface area (Å²) in [5, 5.41) is 2.72. The Morgan fingerprint density at radius 1 is 1.20 bits per heavy atom. The summed E-state index contributed by atoms with van der Waals surface area (Å²) >= 11 is 0. The van der Waals surface area contributed by atoms with Crippen molar-refractivity contribution in [2.75, 3.05) is 6.61 Å². The van der Waals surface area contributed by atoms with Gasteiger partial charge >= 0.3 is 13.2 Å². The van der Waals surface area contributed by atoms with E-state index in [2.05, 4.69) is 5.32 Å². The second kappa shape index (κ2) is 5.78. The van der Waals surface area contributed by atoms with Crippen LogP contribution >= 0.6 is 0 Å². The second-order valence-electron chi connectivity index (χ2n) is 7.03. The predicted octanol–water partition coefficient (Wildman–Crippen LogP) is 2.70. The van der Waals surface area contributed by atoms with Gasteiger partial charge in [-0.1, -0.05) is 12.1 Å². The van der Waals surface area contributed by atoms with Crippen molar-refractivity contribution in [1.82, 2.24) is 5.32 Å². The van der Waals surface area contributed by atoms with Gasteiger partial charge in [-0.15, -0.1) is 0 Å². The zero-order valence-electron chi connectivity index (χ0n) is 13.6. The summed E-state index contributed by atoms with van der Waals surface area (Å²) in [5.41, 5.74) is -1.01. The molecule has 1 saturated heterocycles. The molecule has 1 heterocycles. The van der Waals surface area contributed by atoms with Gasteiger partial charge in [-0.3, -0.25) is 0 Å². The number of ether oxygens (including phenoxy) is 1. The molecule has 0 radical (unpaired) electrons. The Bertz CT molecular complexity index is 369. The number of nitrogens with one attached hydrogen (secondary N) is 1. The Labute approximate surface area is 122 Å². The summed E-state index contributed by atoms with van der Waals surface area (Å²) in [7, 11) is -0.408. The van der Waals surface area contributed by atoms with Crippen LogP contribution in [0.1, 0.15) is 48.5 Å². The normalized spacial score (nSPS) is 21.2. The van der Waals surface area contributed by atoms with E-state index in [1.165, 1.54) is 0 Å². The number of carbonyl (C=O) groups is 1. The lowest BCUT2D eigenvalue weighted by atomic mass is 9.90. The first kappa shape index (κ1) is 17.0. The summed E-state index contributed by atoms with van der Waals surface area (Å²) in [5.74, 6) is 1.76. The standard InChI is InChI=1S/C14H26BNO4/c1-12(2,3)16-11(17)18-10-8-9-15-19-13(4,5)14(6,7)20-15/h8-9H,10H2,1-7H3,(H,16,17). The number of rotatable bonds is 3. The molecule has 1 amide bonds. The van der Waals surface area contributed by atoms with E-state index in [4.69, 9.17) is 14.0 Å². The Morgan fingerprint density at radius 2 is 1.70 bits per heavy atom. The maximum absolute atomic E-state index is 11.4. The molecule has 1 N–H and O–H groups in total. The molecule has 0 saturated carbocycles. The van der Waals surface area contributed by atoms with Gasteiger partial charge in [0, 0.05) is 5.54 Å². The minimum absolute atomic E-state index is 0.186. The first-order valence-electron chi connectivity index (χ1n) is 6.90. The van der Waals surface area contributed by atoms with Gasteiger partial charge in [-0.25, -0.2) is 4.79 Å². The van der Waals surface area contributed by atoms with E-state index in [1.54, 1.807) is 12.1 Å². The summed E-state index contributed by atoms with van der Waals surface area (Å²) in [6.45, 7) is 13.9. The highest BCUT2D eigenvalue weighted by atomic mass is 16.7. The molecule has 0 aromatic rings. The molecular formula is C14H26BNO4. The van der Waals surface area contributed by atoms with Crippen molar-refractivity contribution in [3.63, 3.8) is 0 Å². The SMILES string of the molecule is CC(C)(C)NC(=O)OCC=CB1OC(C)(C)C(C)(C)O1. The fourth-order valence-corrected chi connectivity index (χ4v) is 1.60. The highest BCUT2D eigenvalue weighted by Crippen LogP contribution is 2.36. The molecule has 0 spiro atoms. The molecule has 1 aliphatic rings. The van der Waals surface area contributed by atoms with Gasteiger partial charge in [-0.2, -0.15) is 0 Å². The van der Waals surface area contributed by atoms with Gasteiger partial charge in [0.2, 0.25) is 0 Å². The van der Waals surface area contributed by atoms with Gasteiger partial charge < -0.3 is 19.4 Å². The molecule has 114 valence electrons. The van der Waals surface area contributed by atoms with Crippen molar-refractivity contribution >= 4 is 13.2 Å². The van der Waals surface area contributed by atoms with Crippen LogP contribution in [-0.4, -0.2) is 36.6 Å². The lowest BCUT2D eigenvalue weighted by molar-refractivity contribution is 0.00578. The molecule has 5 nitrogen and oxygen atoms in total. The number of hydrogen-bond donors (Lipinski definition) is 1. The Balaban J connectivity index is 2.35. The second-order valence-corrected chi connectivity index (χ2v) is 7.03. The largest absolute Gasteiger partial charge is 0.486 e. The highest BCUT2D eigenvalue weighted by Gasteiger charge is 2.49. The Morgan fingerprint density at radius 3 is 2.15 bits per heavy atom. The van der Waals surface area contributed by atoms with Crippen LogP contribution in [0.15, 0.2) is 12.1 Å². The quantitative estimate of drug-likeness (QED) is 0.809. The summed E-state index contributed by atoms with van der Waals surface area (Å²) in [6, 6.07) is 0. The van der Waals surface area contributed by atoms with Crippen molar-refractivity contribution in [1.29, 1.82) is 0 Å². The van der Waals surface area contributed by atoms with E-state index in [0.29, 0.717) is 0 Å². The van der Waals surface area contributed by atoms with Crippen LogP contribution in [0.3, 0.4) is 0 Å². The van der Waals surface area contributed by atoms with E-state index in [0.717, 1.165) is 0 Å². The summed E-state index contributed by atoms with van der Waals surface area (Å²) < 4.78 is 16.6. The summed E-state index contributed by atoms with van der Waals surface area (Å²) in [4.78, 5) is 11.4. The van der Waals surface area contributed by atoms with E-state index in [9.17, 15) is 4.79 Å². The molecule has 6 heteroatoms. The third-order valence-corrected chi connectivity index (χ3v) is 3.35. The maximum atomic E-state index is 11.4. The van der Waals surface area contributed by atoms with Crippen LogP contribution in [0.5, 0.6) is 0 Å². The van der Waals surface area contributed by atoms with Crippen LogP contribution in [0, 0.1) is 0 Å². The number of amides is 1. The first-order valence-corrected chi connectivity index (χ1v) is 6.90. The van der Waals surface area contributed by atoms with Gasteiger partial charge in [0.15, 0.2) is 0 Å². The van der Waals surface area contributed by atoms with Crippen molar-refractivity contribution in [2.24, 2.45) is 0 Å². The Hall–Kier alpha value is -1.01. The van der Waals surface area contributed by atoms with Crippen molar-refractivity contribution in [3.8, 4) is 0 Å². The fraction of sp³-hybridized carbons (Fsp3) is 0.786. The topological polar surface area (TPSA) is 56.8 Å². The third-order valence-electron chi connectivity index (χ3n) is 3.35. The average Bonchev–Trinajstić information content (AvgIpc) is 2.40. The number of alkyl carbamates (subject to hydrolysis) is 1. The maximum Gasteiger partial charge on any atom is 0.486 e. The summed E-state index contributed by atoms with van der Waals surface area (Å²) in [6.07, 6.45) is 1.29. The van der Waals surface area contributed by atoms with E-state index in [-0.39, 0.29) is 23.3 Å². The van der Waals surface area contributed by atoms with E-state index in [1.807, 2.05) is 48.5 Å². The van der Waals surface area contributed by atoms with Crippen molar-refractivity contribution in [2.45, 2.75) is 65.2 Å². The van der Waals surface area contributed by atoms with E-state index < -0.39 is 13.2 Å². The van der Waals surface area contributed by atoms with Crippen LogP contribution in [0.4, 0.5) is 4.79 Å². The average molecular weight is 283 g/mol. The Kier molecular flexibility index (Phi) is 4.92. The molecule has 0 atom stereocenters. The van der Waals surface area contributed by atoms with Crippen LogP contribution in [-0.2, 0) is 14.0 Å². The first-order chi connectivity index (χ1) is 8.93. The fourth-order valence-electron chi connectivity index (χ4n) is 1.60. The molecule has 1 fully saturated rings. The predicted molar refractivity (Wildman–Crippen MR) is 79.5 cm³/mol. The van der Waals surface area contributed by atoms with Gasteiger partial charge in [0.05, 0.1) is 11.2 Å². The zero-order valence-corrected chi connectivity index (χ0v) is 13.6. The van der Waals surface area contributed by atoms with Crippen LogP contribution in [0.2, 0.25) is 0 Å². The molecule has 1 aliphatic heterocycles. The monoisotopic (exact) mass is 283 g/mol. The molecule has 0 aromatic heterocycles. The number of hydrogen-bond acceptors (Lipinski definition) is 4. The lowest BCUT2D eigenvalue weighted by Gasteiger charge is -2.32. The van der Waals surface area contributed by atoms with E-state index >= 15 is 0 Å². The van der Waals surface area contributed by atoms with Crippen LogP contribution in [0.25, 0.3) is 0 Å². The highest BCUT2D eigenvalue weighted by molar-refractivity contribution is 6.51. The lowest BCUT2D eigenvalue weighted by Crippen LogP contribution is -2.41. The minimum Gasteiger partial charge on any atom is -0.445 e. The molecule has 0 aliphatic carbocycles. The molecular weight excluding hydrogens is 257 g/mol. The molecule has 1 rings (SSSR count). The van der Waals surface area contributed by atoms with Crippen molar-refractivity contribution < 1.29 is 18.8 Å².